The van der Waals surface area contributed by atoms with Gasteiger partial charge in [0.2, 0.25) is 0 Å². The second-order valence-corrected chi connectivity index (χ2v) is 5.77. The second kappa shape index (κ2) is 5.07. The van der Waals surface area contributed by atoms with Gasteiger partial charge in [0.1, 0.15) is 5.60 Å². The van der Waals surface area contributed by atoms with Gasteiger partial charge < -0.3 is 15.5 Å². The van der Waals surface area contributed by atoms with Gasteiger partial charge in [-0.3, -0.25) is 4.79 Å². The summed E-state index contributed by atoms with van der Waals surface area (Å²) < 4.78 is 0.876. The van der Waals surface area contributed by atoms with Crippen molar-refractivity contribution in [3.8, 4) is 0 Å². The maximum atomic E-state index is 11.5. The monoisotopic (exact) mass is 293 g/mol. The average Bonchev–Trinajstić information content (AvgIpc) is 2.61. The van der Waals surface area contributed by atoms with Crippen molar-refractivity contribution in [2.24, 2.45) is 0 Å². The van der Waals surface area contributed by atoms with Crippen LogP contribution in [0.25, 0.3) is 0 Å². The summed E-state index contributed by atoms with van der Waals surface area (Å²) >= 11 is 4.67. The molecule has 1 heterocycles. The van der Waals surface area contributed by atoms with Gasteiger partial charge in [0.15, 0.2) is 0 Å². The Kier molecular flexibility index (Phi) is 4.27. The minimum atomic E-state index is -1.27. The van der Waals surface area contributed by atoms with Crippen LogP contribution in [0, 0.1) is 0 Å². The van der Waals surface area contributed by atoms with E-state index in [1.807, 2.05) is 0 Å². The van der Waals surface area contributed by atoms with Crippen LogP contribution >= 0.6 is 27.3 Å². The molecule has 84 valence electrons. The van der Waals surface area contributed by atoms with Gasteiger partial charge in [-0.05, 0) is 28.9 Å². The normalized spacial score (nSPS) is 14.7. The Labute approximate surface area is 100 Å². The summed E-state index contributed by atoms with van der Waals surface area (Å²) in [6.45, 7) is 1.09. The van der Waals surface area contributed by atoms with Crippen LogP contribution in [-0.4, -0.2) is 34.9 Å². The predicted molar refractivity (Wildman–Crippen MR) is 62.1 cm³/mol. The van der Waals surface area contributed by atoms with Gasteiger partial charge in [-0.2, -0.15) is 0 Å². The lowest BCUT2D eigenvalue weighted by molar-refractivity contribution is 0.00320. The van der Waals surface area contributed by atoms with Gasteiger partial charge in [-0.1, -0.05) is 0 Å². The summed E-state index contributed by atoms with van der Waals surface area (Å²) in [5, 5.41) is 22.5. The quantitative estimate of drug-likeness (QED) is 0.775. The molecule has 0 saturated heterocycles. The molecule has 1 aromatic rings. The summed E-state index contributed by atoms with van der Waals surface area (Å²) in [4.78, 5) is 11.5. The van der Waals surface area contributed by atoms with E-state index >= 15 is 0 Å². The van der Waals surface area contributed by atoms with Crippen molar-refractivity contribution in [1.82, 2.24) is 5.32 Å². The smallest absolute Gasteiger partial charge is 0.252 e. The highest BCUT2D eigenvalue weighted by atomic mass is 79.9. The van der Waals surface area contributed by atoms with E-state index in [9.17, 15) is 9.90 Å². The van der Waals surface area contributed by atoms with Crippen molar-refractivity contribution in [2.75, 3.05) is 13.2 Å². The number of thiophene rings is 1. The van der Waals surface area contributed by atoms with E-state index in [1.165, 1.54) is 18.3 Å². The van der Waals surface area contributed by atoms with Gasteiger partial charge in [0.25, 0.3) is 5.91 Å². The zero-order valence-corrected chi connectivity index (χ0v) is 10.6. The Morgan fingerprint density at radius 2 is 2.40 bits per heavy atom. The Morgan fingerprint density at radius 3 is 2.87 bits per heavy atom. The summed E-state index contributed by atoms with van der Waals surface area (Å²) in [5.41, 5.74) is -0.733. The van der Waals surface area contributed by atoms with E-state index in [0.29, 0.717) is 5.56 Å². The Balaban J connectivity index is 2.50. The zero-order valence-electron chi connectivity index (χ0n) is 8.16. The van der Waals surface area contributed by atoms with Gasteiger partial charge >= 0.3 is 0 Å². The highest BCUT2D eigenvalue weighted by Gasteiger charge is 2.20. The second-order valence-electron chi connectivity index (χ2n) is 3.48. The maximum Gasteiger partial charge on any atom is 0.252 e. The molecule has 4 nitrogen and oxygen atoms in total. The molecule has 1 amide bonds. The topological polar surface area (TPSA) is 69.6 Å². The predicted octanol–water partition coefficient (Wildman–Crippen LogP) is 0.984. The third-order valence-corrected chi connectivity index (χ3v) is 3.30. The van der Waals surface area contributed by atoms with E-state index in [-0.39, 0.29) is 19.1 Å². The standard InChI is InChI=1S/C9H12BrNO3S/c1-9(14,5-12)4-11-8(13)6-2-7(10)15-3-6/h2-3,12,14H,4-5H2,1H3,(H,11,13). The van der Waals surface area contributed by atoms with Crippen LogP contribution in [0.4, 0.5) is 0 Å². The summed E-state index contributed by atoms with van der Waals surface area (Å²) in [6.07, 6.45) is 0. The number of amides is 1. The van der Waals surface area contributed by atoms with Crippen molar-refractivity contribution < 1.29 is 15.0 Å². The van der Waals surface area contributed by atoms with E-state index in [4.69, 9.17) is 5.11 Å². The number of nitrogens with one attached hydrogen (secondary N) is 1. The molecule has 15 heavy (non-hydrogen) atoms. The minimum absolute atomic E-state index is 0.0236. The van der Waals surface area contributed by atoms with Gasteiger partial charge in [0, 0.05) is 11.9 Å². The highest BCUT2D eigenvalue weighted by molar-refractivity contribution is 9.11. The van der Waals surface area contributed by atoms with Crippen LogP contribution in [0.5, 0.6) is 0 Å². The summed E-state index contributed by atoms with van der Waals surface area (Å²) in [6, 6.07) is 1.70. The first-order chi connectivity index (χ1) is 6.94. The van der Waals surface area contributed by atoms with Crippen LogP contribution in [0.15, 0.2) is 15.2 Å². The molecule has 0 fully saturated rings. The van der Waals surface area contributed by atoms with Crippen LogP contribution in [-0.2, 0) is 0 Å². The number of hydrogen-bond acceptors (Lipinski definition) is 4. The fourth-order valence-corrected chi connectivity index (χ4v) is 1.99. The van der Waals surface area contributed by atoms with Crippen molar-refractivity contribution in [3.05, 3.63) is 20.8 Å². The number of aliphatic hydroxyl groups is 2. The number of aliphatic hydroxyl groups excluding tert-OH is 1. The summed E-state index contributed by atoms with van der Waals surface area (Å²) in [7, 11) is 0. The van der Waals surface area contributed by atoms with Crippen molar-refractivity contribution in [1.29, 1.82) is 0 Å². The Bertz CT molecular complexity index is 351. The number of rotatable bonds is 4. The number of carbonyl (C=O) groups excluding carboxylic acids is 1. The first kappa shape index (κ1) is 12.6. The van der Waals surface area contributed by atoms with Crippen LogP contribution in [0.1, 0.15) is 17.3 Å². The Morgan fingerprint density at radius 1 is 1.73 bits per heavy atom. The molecule has 0 aliphatic rings. The van der Waals surface area contributed by atoms with Crippen LogP contribution < -0.4 is 5.32 Å². The molecule has 3 N–H and O–H groups in total. The first-order valence-corrected chi connectivity index (χ1v) is 5.97. The minimum Gasteiger partial charge on any atom is -0.393 e. The maximum absolute atomic E-state index is 11.5. The number of hydrogen-bond donors (Lipinski definition) is 3. The van der Waals surface area contributed by atoms with Gasteiger partial charge in [-0.25, -0.2) is 0 Å². The molecule has 6 heteroatoms. The summed E-state index contributed by atoms with van der Waals surface area (Å²) in [5.74, 6) is -0.259. The van der Waals surface area contributed by atoms with Crippen molar-refractivity contribution >= 4 is 33.2 Å². The third kappa shape index (κ3) is 3.90. The fourth-order valence-electron chi connectivity index (χ4n) is 0.858. The van der Waals surface area contributed by atoms with Crippen molar-refractivity contribution in [3.63, 3.8) is 0 Å². The van der Waals surface area contributed by atoms with E-state index in [1.54, 1.807) is 11.4 Å². The lowest BCUT2D eigenvalue weighted by Crippen LogP contribution is -2.43. The largest absolute Gasteiger partial charge is 0.393 e. The van der Waals surface area contributed by atoms with E-state index in [0.717, 1.165) is 3.79 Å². The molecular formula is C9H12BrNO3S. The molecule has 0 radical (unpaired) electrons. The molecule has 1 rings (SSSR count). The SMILES string of the molecule is CC(O)(CO)CNC(=O)c1csc(Br)c1. The van der Waals surface area contributed by atoms with Crippen LogP contribution in [0.3, 0.4) is 0 Å². The van der Waals surface area contributed by atoms with E-state index < -0.39 is 5.60 Å². The van der Waals surface area contributed by atoms with E-state index in [2.05, 4.69) is 21.2 Å². The Hall–Kier alpha value is -0.430. The molecule has 0 aliphatic heterocycles. The molecule has 0 spiro atoms. The highest BCUT2D eigenvalue weighted by Crippen LogP contribution is 2.20. The van der Waals surface area contributed by atoms with Crippen LogP contribution in [0.2, 0.25) is 0 Å². The lowest BCUT2D eigenvalue weighted by atomic mass is 10.1. The molecule has 0 saturated carbocycles. The molecular weight excluding hydrogens is 282 g/mol. The molecule has 0 aliphatic carbocycles. The van der Waals surface area contributed by atoms with Gasteiger partial charge in [-0.15, -0.1) is 11.3 Å². The fraction of sp³-hybridized carbons (Fsp3) is 0.444. The van der Waals surface area contributed by atoms with Crippen molar-refractivity contribution in [2.45, 2.75) is 12.5 Å². The molecule has 1 unspecified atom stereocenters. The molecule has 1 atom stereocenters. The molecule has 1 aromatic heterocycles. The average molecular weight is 294 g/mol. The lowest BCUT2D eigenvalue weighted by Gasteiger charge is -2.20. The van der Waals surface area contributed by atoms with Gasteiger partial charge in [0.05, 0.1) is 16.0 Å². The molecule has 0 bridgehead atoms. The number of carbonyl (C=O) groups is 1. The first-order valence-electron chi connectivity index (χ1n) is 4.30. The third-order valence-electron chi connectivity index (χ3n) is 1.80. The molecule has 0 aromatic carbocycles. The number of halogens is 1. The zero-order chi connectivity index (χ0) is 11.5.